The van der Waals surface area contributed by atoms with Gasteiger partial charge < -0.3 is 0 Å². The summed E-state index contributed by atoms with van der Waals surface area (Å²) < 4.78 is 0. The van der Waals surface area contributed by atoms with Gasteiger partial charge in [0.05, 0.1) is 11.5 Å². The molecule has 0 radical (unpaired) electrons. The topological polar surface area (TPSA) is 63.5 Å². The van der Waals surface area contributed by atoms with Crippen molar-refractivity contribution in [2.24, 2.45) is 5.92 Å². The van der Waals surface area contributed by atoms with Crippen molar-refractivity contribution in [2.75, 3.05) is 13.1 Å². The molecular weight excluding hydrogens is 268 g/mol. The quantitative estimate of drug-likeness (QED) is 0.485. The van der Waals surface area contributed by atoms with Crippen molar-refractivity contribution in [2.45, 2.75) is 38.1 Å². The van der Waals surface area contributed by atoms with E-state index in [0.717, 1.165) is 12.5 Å². The fourth-order valence-corrected chi connectivity index (χ4v) is 3.80. The lowest BCUT2D eigenvalue weighted by Gasteiger charge is -2.37. The van der Waals surface area contributed by atoms with Gasteiger partial charge in [-0.25, -0.2) is 0 Å². The van der Waals surface area contributed by atoms with Gasteiger partial charge in [0.25, 0.3) is 5.69 Å². The van der Waals surface area contributed by atoms with E-state index in [1.54, 1.807) is 12.1 Å². The van der Waals surface area contributed by atoms with E-state index in [4.69, 9.17) is 0 Å². The number of piperidine rings is 1. The molecule has 1 saturated heterocycles. The van der Waals surface area contributed by atoms with E-state index in [1.165, 1.54) is 44.2 Å². The highest BCUT2D eigenvalue weighted by atomic mass is 16.6. The smallest absolute Gasteiger partial charge is 0.269 e. The van der Waals surface area contributed by atoms with Crippen LogP contribution in [0.25, 0.3) is 0 Å². The van der Waals surface area contributed by atoms with Crippen molar-refractivity contribution in [1.29, 1.82) is 0 Å². The lowest BCUT2D eigenvalue weighted by Crippen LogP contribution is -2.45. The second-order valence-corrected chi connectivity index (χ2v) is 6.10. The van der Waals surface area contributed by atoms with Crippen LogP contribution in [0.15, 0.2) is 24.3 Å². The number of hydrogen-bond donors (Lipinski definition) is 0. The number of ketones is 1. The summed E-state index contributed by atoms with van der Waals surface area (Å²) in [5.41, 5.74) is 0.598. The maximum Gasteiger partial charge on any atom is 0.269 e. The average Bonchev–Trinajstić information content (AvgIpc) is 2.97. The van der Waals surface area contributed by atoms with Gasteiger partial charge in [0.15, 0.2) is 5.78 Å². The first-order chi connectivity index (χ1) is 10.1. The minimum absolute atomic E-state index is 0.0281. The molecule has 1 saturated carbocycles. The van der Waals surface area contributed by atoms with Gasteiger partial charge in [-0.2, -0.15) is 0 Å². The summed E-state index contributed by atoms with van der Waals surface area (Å²) in [7, 11) is 0. The Balaban J connectivity index is 1.66. The maximum absolute atomic E-state index is 12.4. The van der Waals surface area contributed by atoms with Gasteiger partial charge in [0.2, 0.25) is 0 Å². The summed E-state index contributed by atoms with van der Waals surface area (Å²) in [6.07, 6.45) is 6.25. The Morgan fingerprint density at radius 3 is 2.62 bits per heavy atom. The fraction of sp³-hybridized carbons (Fsp3) is 0.562. The molecule has 0 amide bonds. The van der Waals surface area contributed by atoms with Crippen molar-refractivity contribution in [1.82, 2.24) is 4.90 Å². The molecule has 5 heteroatoms. The Kier molecular flexibility index (Phi) is 4.01. The maximum atomic E-state index is 12.4. The molecule has 2 atom stereocenters. The van der Waals surface area contributed by atoms with Crippen molar-refractivity contribution >= 4 is 11.5 Å². The van der Waals surface area contributed by atoms with Gasteiger partial charge in [-0.05, 0) is 50.3 Å². The first-order valence-corrected chi connectivity index (χ1v) is 7.67. The molecule has 0 bridgehead atoms. The molecule has 5 nitrogen and oxygen atoms in total. The molecule has 2 aliphatic rings. The number of likely N-dealkylation sites (tertiary alicyclic amines) is 1. The van der Waals surface area contributed by atoms with Crippen LogP contribution in [0.3, 0.4) is 0 Å². The zero-order chi connectivity index (χ0) is 14.8. The van der Waals surface area contributed by atoms with Gasteiger partial charge in [0.1, 0.15) is 0 Å². The number of nitrogens with zero attached hydrogens (tertiary/aromatic N) is 2. The Morgan fingerprint density at radius 2 is 1.90 bits per heavy atom. The summed E-state index contributed by atoms with van der Waals surface area (Å²) in [6, 6.07) is 6.51. The SMILES string of the molecule is O=C(CN1CCCC2CCCC21)c1ccc([N+](=O)[O-])cc1. The molecule has 1 heterocycles. The fourth-order valence-electron chi connectivity index (χ4n) is 3.80. The molecule has 0 N–H and O–H groups in total. The molecule has 1 aromatic rings. The zero-order valence-electron chi connectivity index (χ0n) is 12.0. The van der Waals surface area contributed by atoms with E-state index >= 15 is 0 Å². The highest BCUT2D eigenvalue weighted by Gasteiger charge is 2.35. The number of nitro benzene ring substituents is 1. The van der Waals surface area contributed by atoms with E-state index in [2.05, 4.69) is 4.90 Å². The Bertz CT molecular complexity index is 541. The predicted molar refractivity (Wildman–Crippen MR) is 79.4 cm³/mol. The van der Waals surface area contributed by atoms with Crippen LogP contribution in [-0.4, -0.2) is 34.7 Å². The van der Waals surface area contributed by atoms with Crippen LogP contribution >= 0.6 is 0 Å². The number of nitro groups is 1. The van der Waals surface area contributed by atoms with Crippen LogP contribution < -0.4 is 0 Å². The number of non-ortho nitro benzene ring substituents is 1. The normalized spacial score (nSPS) is 25.5. The minimum Gasteiger partial charge on any atom is -0.293 e. The van der Waals surface area contributed by atoms with Crippen LogP contribution in [0, 0.1) is 16.0 Å². The third kappa shape index (κ3) is 2.97. The van der Waals surface area contributed by atoms with Crippen molar-refractivity contribution < 1.29 is 9.72 Å². The van der Waals surface area contributed by atoms with Crippen molar-refractivity contribution in [3.05, 3.63) is 39.9 Å². The number of hydrogen-bond acceptors (Lipinski definition) is 4. The standard InChI is InChI=1S/C16H20N2O3/c19-16(13-6-8-14(9-7-13)18(20)21)11-17-10-2-4-12-3-1-5-15(12)17/h6-9,12,15H,1-5,10-11H2. The summed E-state index contributed by atoms with van der Waals surface area (Å²) in [5.74, 6) is 0.834. The van der Waals surface area contributed by atoms with Gasteiger partial charge in [-0.3, -0.25) is 19.8 Å². The van der Waals surface area contributed by atoms with E-state index < -0.39 is 4.92 Å². The Labute approximate surface area is 124 Å². The molecule has 112 valence electrons. The number of Topliss-reactive ketones (excluding diaryl/α,β-unsaturated/α-hetero) is 1. The molecule has 2 fully saturated rings. The molecule has 2 unspecified atom stereocenters. The third-order valence-electron chi connectivity index (χ3n) is 4.86. The average molecular weight is 288 g/mol. The molecule has 21 heavy (non-hydrogen) atoms. The summed E-state index contributed by atoms with van der Waals surface area (Å²) in [6.45, 7) is 1.44. The van der Waals surface area contributed by atoms with E-state index in [1.807, 2.05) is 0 Å². The first-order valence-electron chi connectivity index (χ1n) is 7.67. The number of fused-ring (bicyclic) bond motifs is 1. The number of benzene rings is 1. The van der Waals surface area contributed by atoms with Gasteiger partial charge >= 0.3 is 0 Å². The van der Waals surface area contributed by atoms with Crippen LogP contribution in [-0.2, 0) is 0 Å². The van der Waals surface area contributed by atoms with Crippen LogP contribution in [0.2, 0.25) is 0 Å². The van der Waals surface area contributed by atoms with E-state index in [9.17, 15) is 14.9 Å². The second kappa shape index (κ2) is 5.93. The molecule has 1 aromatic carbocycles. The van der Waals surface area contributed by atoms with Crippen LogP contribution in [0.4, 0.5) is 5.69 Å². The molecule has 0 spiro atoms. The van der Waals surface area contributed by atoms with Gasteiger partial charge in [0, 0.05) is 23.7 Å². The lowest BCUT2D eigenvalue weighted by atomic mass is 9.91. The van der Waals surface area contributed by atoms with E-state index in [-0.39, 0.29) is 11.5 Å². The minimum atomic E-state index is -0.442. The Morgan fingerprint density at radius 1 is 1.19 bits per heavy atom. The summed E-state index contributed by atoms with van der Waals surface area (Å²) in [4.78, 5) is 24.9. The molecule has 1 aliphatic carbocycles. The van der Waals surface area contributed by atoms with Crippen LogP contribution in [0.5, 0.6) is 0 Å². The Hall–Kier alpha value is -1.75. The second-order valence-electron chi connectivity index (χ2n) is 6.10. The van der Waals surface area contributed by atoms with Gasteiger partial charge in [-0.15, -0.1) is 0 Å². The van der Waals surface area contributed by atoms with Crippen LogP contribution in [0.1, 0.15) is 42.5 Å². The molecule has 3 rings (SSSR count). The molecular formula is C16H20N2O3. The number of carbonyl (C=O) groups is 1. The highest BCUT2D eigenvalue weighted by Crippen LogP contribution is 2.36. The van der Waals surface area contributed by atoms with Crippen molar-refractivity contribution in [3.8, 4) is 0 Å². The molecule has 1 aliphatic heterocycles. The molecule has 0 aromatic heterocycles. The predicted octanol–water partition coefficient (Wildman–Crippen LogP) is 3.04. The zero-order valence-corrected chi connectivity index (χ0v) is 12.0. The van der Waals surface area contributed by atoms with Gasteiger partial charge in [-0.1, -0.05) is 6.42 Å². The largest absolute Gasteiger partial charge is 0.293 e. The summed E-state index contributed by atoms with van der Waals surface area (Å²) >= 11 is 0. The third-order valence-corrected chi connectivity index (χ3v) is 4.86. The van der Waals surface area contributed by atoms with E-state index in [0.29, 0.717) is 18.2 Å². The number of rotatable bonds is 4. The first kappa shape index (κ1) is 14.2. The highest BCUT2D eigenvalue weighted by molar-refractivity contribution is 5.97. The van der Waals surface area contributed by atoms with Crippen molar-refractivity contribution in [3.63, 3.8) is 0 Å². The number of carbonyl (C=O) groups excluding carboxylic acids is 1. The lowest BCUT2D eigenvalue weighted by molar-refractivity contribution is -0.384. The monoisotopic (exact) mass is 288 g/mol. The summed E-state index contributed by atoms with van der Waals surface area (Å²) in [5, 5.41) is 10.6.